The lowest BCUT2D eigenvalue weighted by Gasteiger charge is -2.30. The number of nitrogens with one attached hydrogen (secondary N) is 1. The van der Waals surface area contributed by atoms with Gasteiger partial charge in [-0.25, -0.2) is 13.4 Å². The van der Waals surface area contributed by atoms with E-state index in [1.807, 2.05) is 42.7 Å². The van der Waals surface area contributed by atoms with Crippen LogP contribution < -0.4 is 5.32 Å². The fourth-order valence-electron chi connectivity index (χ4n) is 4.01. The Bertz CT molecular complexity index is 1240. The molecule has 3 aromatic rings. The number of anilines is 1. The van der Waals surface area contributed by atoms with Crippen LogP contribution in [0.1, 0.15) is 37.0 Å². The summed E-state index contributed by atoms with van der Waals surface area (Å²) >= 11 is 6.25. The Kier molecular flexibility index (Phi) is 6.05. The molecule has 1 N–H and O–H groups in total. The molecule has 1 aliphatic heterocycles. The van der Waals surface area contributed by atoms with Gasteiger partial charge in [-0.05, 0) is 56.0 Å². The summed E-state index contributed by atoms with van der Waals surface area (Å²) < 4.78 is 29.8. The molecule has 1 atom stereocenters. The second kappa shape index (κ2) is 8.61. The van der Waals surface area contributed by atoms with E-state index in [0.717, 1.165) is 23.9 Å². The van der Waals surface area contributed by atoms with Crippen LogP contribution in [0.2, 0.25) is 5.02 Å². The number of sulfonamides is 1. The molecule has 2 aromatic carbocycles. The standard InChI is InChI=1S/C22H25ClN4O3S/c1-3-27-19-9-5-4-8-18(19)24-22(27)25-21(28)16-10-11-17(23)20(13-16)31(29,30)26-12-6-7-15(2)14-26/h4-5,8-11,13,15H,3,6-7,12,14H2,1-2H3,(H,24,25,28). The Morgan fingerprint density at radius 1 is 1.26 bits per heavy atom. The largest absolute Gasteiger partial charge is 0.310 e. The number of halogens is 1. The summed E-state index contributed by atoms with van der Waals surface area (Å²) in [5.41, 5.74) is 1.90. The Morgan fingerprint density at radius 2 is 2.03 bits per heavy atom. The van der Waals surface area contributed by atoms with Crippen molar-refractivity contribution in [2.75, 3.05) is 18.4 Å². The molecule has 0 bridgehead atoms. The zero-order valence-electron chi connectivity index (χ0n) is 17.5. The predicted octanol–water partition coefficient (Wildman–Crippen LogP) is 4.38. The third-order valence-corrected chi connectivity index (χ3v) is 7.97. The first kappa shape index (κ1) is 21.8. The van der Waals surface area contributed by atoms with Crippen molar-refractivity contribution in [1.29, 1.82) is 0 Å². The molecule has 31 heavy (non-hydrogen) atoms. The van der Waals surface area contributed by atoms with Gasteiger partial charge in [0.2, 0.25) is 16.0 Å². The van der Waals surface area contributed by atoms with Gasteiger partial charge in [0.25, 0.3) is 5.91 Å². The van der Waals surface area contributed by atoms with Crippen molar-refractivity contribution in [3.05, 3.63) is 53.1 Å². The molecule has 2 heterocycles. The lowest BCUT2D eigenvalue weighted by Crippen LogP contribution is -2.39. The second-order valence-corrected chi connectivity index (χ2v) is 10.2. The van der Waals surface area contributed by atoms with E-state index in [2.05, 4.69) is 10.3 Å². The summed E-state index contributed by atoms with van der Waals surface area (Å²) in [6, 6.07) is 12.0. The van der Waals surface area contributed by atoms with Crippen LogP contribution in [0, 0.1) is 5.92 Å². The molecule has 0 aliphatic carbocycles. The lowest BCUT2D eigenvalue weighted by atomic mass is 10.0. The van der Waals surface area contributed by atoms with Crippen molar-refractivity contribution in [1.82, 2.24) is 13.9 Å². The van der Waals surface area contributed by atoms with Crippen LogP contribution >= 0.6 is 11.6 Å². The minimum absolute atomic E-state index is 0.0417. The lowest BCUT2D eigenvalue weighted by molar-refractivity contribution is 0.102. The van der Waals surface area contributed by atoms with E-state index >= 15 is 0 Å². The molecule has 1 aliphatic rings. The number of amides is 1. The van der Waals surface area contributed by atoms with Crippen molar-refractivity contribution in [3.8, 4) is 0 Å². The zero-order valence-corrected chi connectivity index (χ0v) is 19.1. The fraction of sp³-hybridized carbons (Fsp3) is 0.364. The van der Waals surface area contributed by atoms with Gasteiger partial charge >= 0.3 is 0 Å². The number of rotatable bonds is 5. The number of benzene rings is 2. The molecule has 4 rings (SSSR count). The van der Waals surface area contributed by atoms with E-state index in [4.69, 9.17) is 11.6 Å². The maximum absolute atomic E-state index is 13.2. The normalized spacial score (nSPS) is 17.7. The van der Waals surface area contributed by atoms with Crippen molar-refractivity contribution >= 4 is 44.5 Å². The molecule has 0 radical (unpaired) electrons. The van der Waals surface area contributed by atoms with Gasteiger partial charge in [-0.1, -0.05) is 30.7 Å². The number of hydrogen-bond acceptors (Lipinski definition) is 4. The minimum Gasteiger partial charge on any atom is -0.310 e. The van der Waals surface area contributed by atoms with Gasteiger partial charge in [0.05, 0.1) is 16.1 Å². The molecule has 0 saturated carbocycles. The maximum Gasteiger partial charge on any atom is 0.258 e. The number of fused-ring (bicyclic) bond motifs is 1. The molecule has 7 nitrogen and oxygen atoms in total. The Hall–Kier alpha value is -2.42. The monoisotopic (exact) mass is 460 g/mol. The summed E-state index contributed by atoms with van der Waals surface area (Å²) in [4.78, 5) is 17.4. The number of hydrogen-bond donors (Lipinski definition) is 1. The first-order chi connectivity index (χ1) is 14.8. The van der Waals surface area contributed by atoms with Crippen molar-refractivity contribution in [2.24, 2.45) is 5.92 Å². The number of aromatic nitrogens is 2. The van der Waals surface area contributed by atoms with E-state index in [-0.39, 0.29) is 21.4 Å². The van der Waals surface area contributed by atoms with Crippen LogP contribution in [0.3, 0.4) is 0 Å². The van der Waals surface area contributed by atoms with Gasteiger partial charge < -0.3 is 4.57 Å². The minimum atomic E-state index is -3.79. The molecule has 1 fully saturated rings. The Labute approximate surface area is 187 Å². The molecule has 164 valence electrons. The summed E-state index contributed by atoms with van der Waals surface area (Å²) in [5, 5.41) is 2.92. The second-order valence-electron chi connectivity index (χ2n) is 7.88. The number of carbonyl (C=O) groups is 1. The molecule has 1 unspecified atom stereocenters. The summed E-state index contributed by atoms with van der Waals surface area (Å²) in [6.45, 7) is 5.54. The molecule has 1 amide bonds. The van der Waals surface area contributed by atoms with Gasteiger partial charge in [0.1, 0.15) is 4.90 Å². The van der Waals surface area contributed by atoms with Crippen molar-refractivity contribution in [2.45, 2.75) is 38.1 Å². The third kappa shape index (κ3) is 4.20. The Balaban J connectivity index is 1.65. The SMILES string of the molecule is CCn1c(NC(=O)c2ccc(Cl)c(S(=O)(=O)N3CCCC(C)C3)c2)nc2ccccc21. The molecule has 1 aromatic heterocycles. The highest BCUT2D eigenvalue weighted by Crippen LogP contribution is 2.29. The van der Waals surface area contributed by atoms with Crippen LogP contribution in [0.4, 0.5) is 5.95 Å². The maximum atomic E-state index is 13.2. The molecule has 9 heteroatoms. The quantitative estimate of drug-likeness (QED) is 0.612. The van der Waals surface area contributed by atoms with Gasteiger partial charge in [0, 0.05) is 25.2 Å². The van der Waals surface area contributed by atoms with E-state index in [0.29, 0.717) is 25.6 Å². The van der Waals surface area contributed by atoms with Crippen LogP contribution in [0.5, 0.6) is 0 Å². The van der Waals surface area contributed by atoms with E-state index < -0.39 is 15.9 Å². The predicted molar refractivity (Wildman–Crippen MR) is 122 cm³/mol. The molecular formula is C22H25ClN4O3S. The molecule has 0 spiro atoms. The van der Waals surface area contributed by atoms with Crippen LogP contribution in [0.15, 0.2) is 47.4 Å². The van der Waals surface area contributed by atoms with Crippen LogP contribution in [-0.4, -0.2) is 41.3 Å². The highest BCUT2D eigenvalue weighted by molar-refractivity contribution is 7.89. The van der Waals surface area contributed by atoms with Gasteiger partial charge in [0.15, 0.2) is 0 Å². The fourth-order valence-corrected chi connectivity index (χ4v) is 6.11. The Morgan fingerprint density at radius 3 is 2.77 bits per heavy atom. The number of nitrogens with zero attached hydrogens (tertiary/aromatic N) is 3. The summed E-state index contributed by atoms with van der Waals surface area (Å²) in [5.74, 6) is 0.263. The summed E-state index contributed by atoms with van der Waals surface area (Å²) in [7, 11) is -3.79. The van der Waals surface area contributed by atoms with Crippen molar-refractivity contribution in [3.63, 3.8) is 0 Å². The number of imidazole rings is 1. The zero-order chi connectivity index (χ0) is 22.2. The van der Waals surface area contributed by atoms with Gasteiger partial charge in [-0.3, -0.25) is 10.1 Å². The highest BCUT2D eigenvalue weighted by atomic mass is 35.5. The highest BCUT2D eigenvalue weighted by Gasteiger charge is 2.31. The van der Waals surface area contributed by atoms with Gasteiger partial charge in [-0.15, -0.1) is 0 Å². The van der Waals surface area contributed by atoms with E-state index in [9.17, 15) is 13.2 Å². The third-order valence-electron chi connectivity index (χ3n) is 5.63. The summed E-state index contributed by atoms with van der Waals surface area (Å²) in [6.07, 6.45) is 1.81. The van der Waals surface area contributed by atoms with E-state index in [1.165, 1.54) is 22.5 Å². The average molecular weight is 461 g/mol. The number of para-hydroxylation sites is 2. The first-order valence-corrected chi connectivity index (χ1v) is 12.2. The topological polar surface area (TPSA) is 84.3 Å². The molecule has 1 saturated heterocycles. The first-order valence-electron chi connectivity index (χ1n) is 10.4. The average Bonchev–Trinajstić information content (AvgIpc) is 3.10. The van der Waals surface area contributed by atoms with Gasteiger partial charge in [-0.2, -0.15) is 4.31 Å². The van der Waals surface area contributed by atoms with Crippen molar-refractivity contribution < 1.29 is 13.2 Å². The van der Waals surface area contributed by atoms with E-state index in [1.54, 1.807) is 0 Å². The van der Waals surface area contributed by atoms with Crippen LogP contribution in [0.25, 0.3) is 11.0 Å². The number of aryl methyl sites for hydroxylation is 1. The van der Waals surface area contributed by atoms with Crippen LogP contribution in [-0.2, 0) is 16.6 Å². The smallest absolute Gasteiger partial charge is 0.258 e. The number of piperidine rings is 1. The number of carbonyl (C=O) groups excluding carboxylic acids is 1. The molecular weight excluding hydrogens is 436 g/mol.